The van der Waals surface area contributed by atoms with Crippen LogP contribution in [0.2, 0.25) is 0 Å². The third-order valence-corrected chi connectivity index (χ3v) is 4.99. The van der Waals surface area contributed by atoms with Gasteiger partial charge in [-0.1, -0.05) is 20.3 Å². The Kier molecular flexibility index (Phi) is 4.92. The molecule has 1 rings (SSSR count). The molecule has 0 bridgehead atoms. The second-order valence-corrected chi connectivity index (χ2v) is 6.69. The van der Waals surface area contributed by atoms with E-state index in [0.717, 1.165) is 12.8 Å². The average Bonchev–Trinajstić information content (AvgIpc) is 2.57. The first-order chi connectivity index (χ1) is 8.27. The van der Waals surface area contributed by atoms with Crippen molar-refractivity contribution in [1.29, 1.82) is 0 Å². The molecule has 0 saturated carbocycles. The van der Waals surface area contributed by atoms with Gasteiger partial charge >= 0.3 is 0 Å². The summed E-state index contributed by atoms with van der Waals surface area (Å²) >= 11 is 0. The molecule has 0 aliphatic carbocycles. The average molecular weight is 273 g/mol. The lowest BCUT2D eigenvalue weighted by Gasteiger charge is -2.17. The van der Waals surface area contributed by atoms with E-state index in [9.17, 15) is 8.42 Å². The maximum Gasteiger partial charge on any atom is 0.244 e. The summed E-state index contributed by atoms with van der Waals surface area (Å²) in [6.07, 6.45) is 1.89. The fourth-order valence-corrected chi connectivity index (χ4v) is 3.71. The maximum atomic E-state index is 12.2. The highest BCUT2D eigenvalue weighted by atomic mass is 32.2. The zero-order valence-corrected chi connectivity index (χ0v) is 12.6. The zero-order chi connectivity index (χ0) is 13.9. The van der Waals surface area contributed by atoms with Crippen LogP contribution in [0.3, 0.4) is 0 Å². The number of hydrogen-bond donors (Lipinski definition) is 2. The van der Waals surface area contributed by atoms with Crippen molar-refractivity contribution < 1.29 is 8.42 Å². The van der Waals surface area contributed by atoms with E-state index in [1.807, 2.05) is 6.92 Å². The van der Waals surface area contributed by atoms with Crippen molar-refractivity contribution in [3.8, 4) is 0 Å². The topological polar surface area (TPSA) is 74.8 Å². The van der Waals surface area contributed by atoms with Gasteiger partial charge in [0, 0.05) is 6.04 Å². The van der Waals surface area contributed by atoms with Gasteiger partial charge in [-0.3, -0.25) is 5.10 Å². The Labute approximate surface area is 109 Å². The van der Waals surface area contributed by atoms with Crippen LogP contribution in [0.5, 0.6) is 0 Å². The van der Waals surface area contributed by atoms with Crippen molar-refractivity contribution in [1.82, 2.24) is 14.9 Å². The minimum absolute atomic E-state index is 0.0707. The van der Waals surface area contributed by atoms with Crippen molar-refractivity contribution in [2.45, 2.75) is 58.4 Å². The molecule has 0 aliphatic heterocycles. The minimum Gasteiger partial charge on any atom is -0.281 e. The first-order valence-electron chi connectivity index (χ1n) is 6.31. The van der Waals surface area contributed by atoms with Crippen LogP contribution in [0.4, 0.5) is 0 Å². The van der Waals surface area contributed by atoms with E-state index < -0.39 is 10.0 Å². The molecule has 1 heterocycles. The molecule has 0 aliphatic rings. The number of nitrogens with zero attached hydrogens (tertiary/aromatic N) is 1. The summed E-state index contributed by atoms with van der Waals surface area (Å²) in [5, 5.41) is 6.62. The number of aromatic amines is 1. The van der Waals surface area contributed by atoms with E-state index >= 15 is 0 Å². The molecule has 0 aromatic carbocycles. The molecule has 0 amide bonds. The number of sulfonamides is 1. The lowest BCUT2D eigenvalue weighted by atomic mass is 10.0. The van der Waals surface area contributed by atoms with Gasteiger partial charge in [-0.05, 0) is 33.1 Å². The molecular weight excluding hydrogens is 250 g/mol. The highest BCUT2D eigenvalue weighted by Crippen LogP contribution is 2.18. The van der Waals surface area contributed by atoms with E-state index in [2.05, 4.69) is 28.8 Å². The molecule has 18 heavy (non-hydrogen) atoms. The van der Waals surface area contributed by atoms with Crippen molar-refractivity contribution in [2.75, 3.05) is 0 Å². The van der Waals surface area contributed by atoms with Crippen LogP contribution in [0, 0.1) is 19.8 Å². The highest BCUT2D eigenvalue weighted by molar-refractivity contribution is 7.89. The molecule has 6 heteroatoms. The predicted octanol–water partition coefficient (Wildman–Crippen LogP) is 2.13. The van der Waals surface area contributed by atoms with E-state index in [1.54, 1.807) is 13.8 Å². The van der Waals surface area contributed by atoms with E-state index in [4.69, 9.17) is 0 Å². The number of nitrogens with one attached hydrogen (secondary N) is 2. The van der Waals surface area contributed by atoms with Crippen LogP contribution in [-0.4, -0.2) is 24.7 Å². The van der Waals surface area contributed by atoms with Gasteiger partial charge in [-0.2, -0.15) is 5.10 Å². The van der Waals surface area contributed by atoms with Crippen LogP contribution in [-0.2, 0) is 10.0 Å². The molecule has 0 saturated heterocycles. The lowest BCUT2D eigenvalue weighted by molar-refractivity contribution is 0.445. The number of hydrogen-bond acceptors (Lipinski definition) is 3. The van der Waals surface area contributed by atoms with Gasteiger partial charge < -0.3 is 0 Å². The normalized spacial score (nSPS) is 15.6. The van der Waals surface area contributed by atoms with Crippen LogP contribution in [0.25, 0.3) is 0 Å². The summed E-state index contributed by atoms with van der Waals surface area (Å²) in [5.41, 5.74) is 1.09. The number of H-pyrrole nitrogens is 1. The SMILES string of the molecule is CCC(C)CC(C)NS(=O)(=O)c1c(C)n[nH]c1C. The third-order valence-electron chi connectivity index (χ3n) is 3.14. The van der Waals surface area contributed by atoms with Crippen molar-refractivity contribution >= 4 is 10.0 Å². The molecule has 0 fully saturated rings. The number of aromatic nitrogens is 2. The molecule has 1 aromatic heterocycles. The first-order valence-corrected chi connectivity index (χ1v) is 7.80. The second kappa shape index (κ2) is 5.84. The lowest BCUT2D eigenvalue weighted by Crippen LogP contribution is -2.34. The maximum absolute atomic E-state index is 12.2. The summed E-state index contributed by atoms with van der Waals surface area (Å²) in [7, 11) is -3.48. The summed E-state index contributed by atoms with van der Waals surface area (Å²) in [6.45, 7) is 9.54. The van der Waals surface area contributed by atoms with Crippen molar-refractivity contribution in [3.63, 3.8) is 0 Å². The standard InChI is InChI=1S/C12H23N3O2S/c1-6-8(2)7-9(3)15-18(16,17)12-10(4)13-14-11(12)5/h8-9,15H,6-7H2,1-5H3,(H,13,14). The van der Waals surface area contributed by atoms with Gasteiger partial charge in [0.05, 0.1) is 11.4 Å². The molecule has 2 N–H and O–H groups in total. The van der Waals surface area contributed by atoms with Crippen LogP contribution >= 0.6 is 0 Å². The molecule has 2 atom stereocenters. The Morgan fingerprint density at radius 1 is 1.33 bits per heavy atom. The fourth-order valence-electron chi connectivity index (χ4n) is 2.08. The monoisotopic (exact) mass is 273 g/mol. The van der Waals surface area contributed by atoms with Crippen LogP contribution in [0.1, 0.15) is 45.0 Å². The molecule has 1 aromatic rings. The third kappa shape index (κ3) is 3.55. The molecular formula is C12H23N3O2S. The van der Waals surface area contributed by atoms with Gasteiger partial charge in [0.2, 0.25) is 10.0 Å². The number of aryl methyl sites for hydroxylation is 2. The van der Waals surface area contributed by atoms with Crippen LogP contribution < -0.4 is 4.72 Å². The van der Waals surface area contributed by atoms with E-state index in [0.29, 0.717) is 17.3 Å². The summed E-state index contributed by atoms with van der Waals surface area (Å²) < 4.78 is 27.2. The van der Waals surface area contributed by atoms with Gasteiger partial charge in [0.1, 0.15) is 4.90 Å². The zero-order valence-electron chi connectivity index (χ0n) is 11.7. The first kappa shape index (κ1) is 15.2. The fraction of sp³-hybridized carbons (Fsp3) is 0.750. The van der Waals surface area contributed by atoms with Gasteiger partial charge in [-0.25, -0.2) is 13.1 Å². The Morgan fingerprint density at radius 3 is 2.39 bits per heavy atom. The summed E-state index contributed by atoms with van der Waals surface area (Å²) in [6, 6.07) is -0.0707. The Balaban J connectivity index is 2.83. The highest BCUT2D eigenvalue weighted by Gasteiger charge is 2.24. The Hall–Kier alpha value is -0.880. The van der Waals surface area contributed by atoms with Gasteiger partial charge in [0.15, 0.2) is 0 Å². The second-order valence-electron chi connectivity index (χ2n) is 5.03. The quantitative estimate of drug-likeness (QED) is 0.833. The minimum atomic E-state index is -3.48. The Morgan fingerprint density at radius 2 is 1.94 bits per heavy atom. The van der Waals surface area contributed by atoms with E-state index in [-0.39, 0.29) is 10.9 Å². The number of rotatable bonds is 6. The summed E-state index contributed by atoms with van der Waals surface area (Å²) in [5.74, 6) is 0.509. The molecule has 104 valence electrons. The summed E-state index contributed by atoms with van der Waals surface area (Å²) in [4.78, 5) is 0.276. The van der Waals surface area contributed by atoms with Gasteiger partial charge in [-0.15, -0.1) is 0 Å². The molecule has 0 spiro atoms. The molecule has 0 radical (unpaired) electrons. The Bertz CT molecular complexity index is 474. The molecule has 5 nitrogen and oxygen atoms in total. The van der Waals surface area contributed by atoms with Crippen molar-refractivity contribution in [3.05, 3.63) is 11.4 Å². The van der Waals surface area contributed by atoms with Crippen molar-refractivity contribution in [2.24, 2.45) is 5.92 Å². The molecule has 2 unspecified atom stereocenters. The predicted molar refractivity (Wildman–Crippen MR) is 71.9 cm³/mol. The smallest absolute Gasteiger partial charge is 0.244 e. The van der Waals surface area contributed by atoms with Crippen LogP contribution in [0.15, 0.2) is 4.90 Å². The largest absolute Gasteiger partial charge is 0.281 e. The van der Waals surface area contributed by atoms with E-state index in [1.165, 1.54) is 0 Å². The van der Waals surface area contributed by atoms with Gasteiger partial charge in [0.25, 0.3) is 0 Å².